The third-order valence-corrected chi connectivity index (χ3v) is 3.08. The van der Waals surface area contributed by atoms with Crippen LogP contribution in [0.15, 0.2) is 23.1 Å². The monoisotopic (exact) mass is 273 g/mol. The number of nitrogens with two attached hydrogens (primary N) is 3. The van der Waals surface area contributed by atoms with Gasteiger partial charge in [0.1, 0.15) is 4.90 Å². The fourth-order valence-electron chi connectivity index (χ4n) is 1.33. The van der Waals surface area contributed by atoms with E-state index >= 15 is 0 Å². The summed E-state index contributed by atoms with van der Waals surface area (Å²) < 4.78 is 22.4. The largest absolute Gasteiger partial charge is 0.396 e. The van der Waals surface area contributed by atoms with E-state index in [-0.39, 0.29) is 17.1 Å². The summed E-state index contributed by atoms with van der Waals surface area (Å²) >= 11 is 0. The Labute approximate surface area is 105 Å². The summed E-state index contributed by atoms with van der Waals surface area (Å²) in [5, 5.41) is 10.3. The van der Waals surface area contributed by atoms with Crippen molar-refractivity contribution in [2.24, 2.45) is 10.9 Å². The van der Waals surface area contributed by atoms with Crippen molar-refractivity contribution in [3.63, 3.8) is 0 Å². The fraction of sp³-hybridized carbons (Fsp3) is 0.222. The predicted octanol–water partition coefficient (Wildman–Crippen LogP) is -1.00. The standard InChI is InChI=1S/C9H15N5O3S/c10-8-6(13-4-5-14-9(11)15)2-1-3-7(8)18(12,16)17/h1-3,13H,4-5,10H2,(H3,11,14,15)(H2,12,16,17). The van der Waals surface area contributed by atoms with Crippen molar-refractivity contribution in [3.8, 4) is 0 Å². The number of benzene rings is 1. The van der Waals surface area contributed by atoms with Crippen molar-refractivity contribution in [1.82, 2.24) is 5.32 Å². The van der Waals surface area contributed by atoms with Crippen LogP contribution in [0.5, 0.6) is 0 Å². The van der Waals surface area contributed by atoms with Gasteiger partial charge < -0.3 is 22.1 Å². The SMILES string of the molecule is NC(=O)NCCNc1cccc(S(N)(=O)=O)c1N. The zero-order chi connectivity index (χ0) is 13.8. The number of hydrogen-bond donors (Lipinski definition) is 5. The first-order valence-electron chi connectivity index (χ1n) is 5.01. The Morgan fingerprint density at radius 3 is 2.50 bits per heavy atom. The zero-order valence-electron chi connectivity index (χ0n) is 9.51. The Hall–Kier alpha value is -2.00. The molecule has 1 aromatic carbocycles. The second-order valence-electron chi connectivity index (χ2n) is 3.48. The van der Waals surface area contributed by atoms with Crippen LogP contribution in [0, 0.1) is 0 Å². The van der Waals surface area contributed by atoms with Crippen LogP contribution < -0.4 is 27.2 Å². The Kier molecular flexibility index (Phi) is 4.34. The quantitative estimate of drug-likeness (QED) is 0.344. The molecule has 0 unspecified atom stereocenters. The molecule has 0 saturated heterocycles. The lowest BCUT2D eigenvalue weighted by Gasteiger charge is -2.11. The second-order valence-corrected chi connectivity index (χ2v) is 5.01. The molecule has 9 heteroatoms. The molecule has 0 radical (unpaired) electrons. The van der Waals surface area contributed by atoms with Crippen LogP contribution in [0.2, 0.25) is 0 Å². The summed E-state index contributed by atoms with van der Waals surface area (Å²) in [6, 6.07) is 3.80. The van der Waals surface area contributed by atoms with Crippen molar-refractivity contribution >= 4 is 27.4 Å². The summed E-state index contributed by atoms with van der Waals surface area (Å²) in [5.74, 6) is 0. The number of primary amides is 1. The highest BCUT2D eigenvalue weighted by Gasteiger charge is 2.14. The summed E-state index contributed by atoms with van der Waals surface area (Å²) in [6.45, 7) is 0.635. The molecule has 0 aliphatic carbocycles. The maximum Gasteiger partial charge on any atom is 0.312 e. The summed E-state index contributed by atoms with van der Waals surface area (Å²) in [6.07, 6.45) is 0. The van der Waals surface area contributed by atoms with Gasteiger partial charge >= 0.3 is 6.03 Å². The molecule has 8 nitrogen and oxygen atoms in total. The minimum atomic E-state index is -3.85. The van der Waals surface area contributed by atoms with Crippen molar-refractivity contribution in [1.29, 1.82) is 0 Å². The lowest BCUT2D eigenvalue weighted by atomic mass is 10.2. The highest BCUT2D eigenvalue weighted by atomic mass is 32.2. The maximum atomic E-state index is 11.2. The van der Waals surface area contributed by atoms with Gasteiger partial charge in [-0.2, -0.15) is 0 Å². The Morgan fingerprint density at radius 1 is 1.28 bits per heavy atom. The molecule has 1 rings (SSSR count). The van der Waals surface area contributed by atoms with Crippen LogP contribution in [0.1, 0.15) is 0 Å². The van der Waals surface area contributed by atoms with E-state index in [0.29, 0.717) is 12.2 Å². The number of nitrogens with one attached hydrogen (secondary N) is 2. The number of sulfonamides is 1. The molecule has 0 saturated carbocycles. The molecule has 18 heavy (non-hydrogen) atoms. The molecule has 0 heterocycles. The van der Waals surface area contributed by atoms with E-state index < -0.39 is 16.1 Å². The minimum absolute atomic E-state index is 0.0408. The molecule has 0 spiro atoms. The van der Waals surface area contributed by atoms with Crippen molar-refractivity contribution < 1.29 is 13.2 Å². The number of nitrogen functional groups attached to an aromatic ring is 1. The third kappa shape index (κ3) is 3.79. The molecule has 0 aromatic heterocycles. The molecule has 0 fully saturated rings. The van der Waals surface area contributed by atoms with Gasteiger partial charge in [-0.15, -0.1) is 0 Å². The van der Waals surface area contributed by atoms with Crippen molar-refractivity contribution in [2.75, 3.05) is 24.1 Å². The number of primary sulfonamides is 1. The van der Waals surface area contributed by atoms with Gasteiger partial charge in [-0.1, -0.05) is 6.07 Å². The minimum Gasteiger partial charge on any atom is -0.396 e. The Balaban J connectivity index is 2.76. The topological polar surface area (TPSA) is 153 Å². The van der Waals surface area contributed by atoms with Gasteiger partial charge in [0.25, 0.3) is 0 Å². The van der Waals surface area contributed by atoms with Crippen LogP contribution in [0.4, 0.5) is 16.2 Å². The predicted molar refractivity (Wildman–Crippen MR) is 68.3 cm³/mol. The van der Waals surface area contributed by atoms with Gasteiger partial charge in [0.15, 0.2) is 0 Å². The Bertz CT molecular complexity index is 543. The first kappa shape index (κ1) is 14.1. The normalized spacial score (nSPS) is 10.9. The van der Waals surface area contributed by atoms with E-state index in [9.17, 15) is 13.2 Å². The molecule has 0 atom stereocenters. The third-order valence-electron chi connectivity index (χ3n) is 2.11. The molecule has 100 valence electrons. The highest BCUT2D eigenvalue weighted by molar-refractivity contribution is 7.89. The molecular weight excluding hydrogens is 258 g/mol. The van der Waals surface area contributed by atoms with E-state index in [0.717, 1.165) is 0 Å². The van der Waals surface area contributed by atoms with Gasteiger partial charge in [0.05, 0.1) is 11.4 Å². The zero-order valence-corrected chi connectivity index (χ0v) is 10.3. The molecule has 2 amide bonds. The molecule has 0 aliphatic heterocycles. The van der Waals surface area contributed by atoms with E-state index in [1.807, 2.05) is 0 Å². The van der Waals surface area contributed by atoms with Gasteiger partial charge in [-0.3, -0.25) is 0 Å². The van der Waals surface area contributed by atoms with E-state index in [2.05, 4.69) is 10.6 Å². The van der Waals surface area contributed by atoms with E-state index in [4.69, 9.17) is 16.6 Å². The maximum absolute atomic E-state index is 11.2. The van der Waals surface area contributed by atoms with Gasteiger partial charge in [-0.05, 0) is 12.1 Å². The smallest absolute Gasteiger partial charge is 0.312 e. The first-order chi connectivity index (χ1) is 8.32. The highest BCUT2D eigenvalue weighted by Crippen LogP contribution is 2.25. The molecular formula is C9H15N5O3S. The summed E-state index contributed by atoms with van der Waals surface area (Å²) in [7, 11) is -3.85. The number of para-hydroxylation sites is 1. The van der Waals surface area contributed by atoms with Crippen LogP contribution >= 0.6 is 0 Å². The fourth-order valence-corrected chi connectivity index (χ4v) is 2.01. The van der Waals surface area contributed by atoms with Gasteiger partial charge in [0.2, 0.25) is 10.0 Å². The molecule has 8 N–H and O–H groups in total. The first-order valence-corrected chi connectivity index (χ1v) is 6.55. The average Bonchev–Trinajstić information content (AvgIpc) is 2.24. The number of carbonyl (C=O) groups excluding carboxylic acids is 1. The number of rotatable bonds is 5. The molecule has 0 bridgehead atoms. The van der Waals surface area contributed by atoms with Crippen molar-refractivity contribution in [3.05, 3.63) is 18.2 Å². The molecule has 0 aliphatic rings. The number of carbonyl (C=O) groups is 1. The van der Waals surface area contributed by atoms with Crippen LogP contribution in [-0.2, 0) is 10.0 Å². The van der Waals surface area contributed by atoms with Crippen LogP contribution in [-0.4, -0.2) is 27.5 Å². The molecule has 1 aromatic rings. The number of anilines is 2. The van der Waals surface area contributed by atoms with Crippen molar-refractivity contribution in [2.45, 2.75) is 4.90 Å². The number of hydrogen-bond acceptors (Lipinski definition) is 5. The van der Waals surface area contributed by atoms with E-state index in [1.54, 1.807) is 6.07 Å². The second kappa shape index (κ2) is 5.56. The Morgan fingerprint density at radius 2 is 1.94 bits per heavy atom. The number of urea groups is 1. The van der Waals surface area contributed by atoms with Gasteiger partial charge in [-0.25, -0.2) is 18.4 Å². The van der Waals surface area contributed by atoms with Gasteiger partial charge in [0, 0.05) is 13.1 Å². The summed E-state index contributed by atoms with van der Waals surface area (Å²) in [4.78, 5) is 10.3. The summed E-state index contributed by atoms with van der Waals surface area (Å²) in [5.41, 5.74) is 11.0. The average molecular weight is 273 g/mol. The number of amides is 2. The lowest BCUT2D eigenvalue weighted by Crippen LogP contribution is -2.33. The van der Waals surface area contributed by atoms with Crippen LogP contribution in [0.3, 0.4) is 0 Å². The lowest BCUT2D eigenvalue weighted by molar-refractivity contribution is 0.249. The van der Waals surface area contributed by atoms with E-state index in [1.165, 1.54) is 12.1 Å². The van der Waals surface area contributed by atoms with Crippen LogP contribution in [0.25, 0.3) is 0 Å².